The Morgan fingerprint density at radius 3 is 0.765 bits per heavy atom. The molecule has 0 atom stereocenters. The van der Waals surface area contributed by atoms with Crippen molar-refractivity contribution < 1.29 is 14.2 Å². The Kier molecular flexibility index (Phi) is 14.1. The van der Waals surface area contributed by atoms with Gasteiger partial charge in [0.25, 0.3) is 0 Å². The molecule has 0 aromatic heterocycles. The molecule has 0 amide bonds. The summed E-state index contributed by atoms with van der Waals surface area (Å²) in [4.78, 5) is 0. The summed E-state index contributed by atoms with van der Waals surface area (Å²) in [6.45, 7) is 5.70. The lowest BCUT2D eigenvalue weighted by atomic mass is 9.89. The van der Waals surface area contributed by atoms with Gasteiger partial charge in [-0.3, -0.25) is 0 Å². The summed E-state index contributed by atoms with van der Waals surface area (Å²) in [5.41, 5.74) is 7.51. The highest BCUT2D eigenvalue weighted by molar-refractivity contribution is 6.20. The smallest absolute Gasteiger partial charge is 0.127 e. The van der Waals surface area contributed by atoms with E-state index in [1.54, 1.807) is 0 Å². The first-order valence-corrected chi connectivity index (χ1v) is 25.5. The first-order valence-electron chi connectivity index (χ1n) is 25.0. The summed E-state index contributed by atoms with van der Waals surface area (Å²) < 4.78 is 20.8. The van der Waals surface area contributed by atoms with Crippen LogP contribution in [0.1, 0.15) is 98.6 Å². The minimum atomic E-state index is 0.358. The Hall–Kier alpha value is -6.55. The molecular weight excluding hydrogens is 852 g/mol. The van der Waals surface area contributed by atoms with Gasteiger partial charge < -0.3 is 14.2 Å². The number of hydrogen-bond acceptors (Lipinski definition) is 3. The molecule has 0 N–H and O–H groups in total. The number of alkyl halides is 1. The van der Waals surface area contributed by atoms with Crippen LogP contribution in [0.3, 0.4) is 0 Å². The zero-order valence-corrected chi connectivity index (χ0v) is 40.3. The van der Waals surface area contributed by atoms with E-state index in [4.69, 9.17) is 25.8 Å². The van der Waals surface area contributed by atoms with Crippen LogP contribution in [0.4, 0.5) is 0 Å². The lowest BCUT2D eigenvalue weighted by Gasteiger charge is -2.20. The van der Waals surface area contributed by atoms with Crippen molar-refractivity contribution in [3.63, 3.8) is 0 Å². The van der Waals surface area contributed by atoms with E-state index in [0.717, 1.165) is 45.5 Å². The fourth-order valence-electron chi connectivity index (χ4n) is 10.8. The summed E-state index contributed by atoms with van der Waals surface area (Å²) >= 11 is 6.64. The van der Waals surface area contributed by atoms with Crippen LogP contribution in [0.15, 0.2) is 164 Å². The molecule has 0 aliphatic rings. The highest BCUT2D eigenvalue weighted by Gasteiger charge is 2.19. The molecule has 0 spiro atoms. The molecule has 0 saturated heterocycles. The largest absolute Gasteiger partial charge is 0.489 e. The van der Waals surface area contributed by atoms with Gasteiger partial charge in [-0.15, -0.1) is 11.6 Å². The quantitative estimate of drug-likeness (QED) is 0.0433. The van der Waals surface area contributed by atoms with Gasteiger partial charge in [-0.05, 0) is 107 Å². The van der Waals surface area contributed by atoms with Crippen molar-refractivity contribution in [2.24, 2.45) is 0 Å². The number of hydrogen-bond donors (Lipinski definition) is 0. The lowest BCUT2D eigenvalue weighted by molar-refractivity contribution is 0.277. The first-order chi connectivity index (χ1) is 33.6. The molecular formula is C64H61ClO3. The van der Waals surface area contributed by atoms with Gasteiger partial charge in [-0.2, -0.15) is 0 Å². The van der Waals surface area contributed by atoms with Crippen molar-refractivity contribution in [2.75, 3.05) is 0 Å². The predicted octanol–water partition coefficient (Wildman–Crippen LogP) is 18.3. The van der Waals surface area contributed by atoms with Crippen LogP contribution < -0.4 is 14.2 Å². The molecule has 0 aliphatic carbocycles. The van der Waals surface area contributed by atoms with E-state index in [0.29, 0.717) is 42.9 Å². The maximum absolute atomic E-state index is 6.95. The summed E-state index contributed by atoms with van der Waals surface area (Å²) in [5, 5.41) is 14.8. The number of rotatable bonds is 20. The number of halogens is 1. The highest BCUT2D eigenvalue weighted by atomic mass is 35.5. The molecule has 3 nitrogen and oxygen atoms in total. The maximum Gasteiger partial charge on any atom is 0.127 e. The van der Waals surface area contributed by atoms with Crippen molar-refractivity contribution in [3.05, 3.63) is 197 Å². The summed E-state index contributed by atoms with van der Waals surface area (Å²) in [6.07, 6.45) is 12.0. The van der Waals surface area contributed by atoms with Gasteiger partial charge in [0, 0.05) is 40.8 Å². The highest BCUT2D eigenvalue weighted by Crippen LogP contribution is 2.40. The van der Waals surface area contributed by atoms with E-state index in [2.05, 4.69) is 159 Å². The molecule has 10 rings (SSSR count). The van der Waals surface area contributed by atoms with Gasteiger partial charge in [-0.1, -0.05) is 198 Å². The monoisotopic (exact) mass is 912 g/mol. The second-order valence-corrected chi connectivity index (χ2v) is 18.7. The van der Waals surface area contributed by atoms with E-state index in [-0.39, 0.29) is 0 Å². The van der Waals surface area contributed by atoms with Gasteiger partial charge in [0.05, 0.1) is 0 Å². The van der Waals surface area contributed by atoms with E-state index < -0.39 is 0 Å². The van der Waals surface area contributed by atoms with Crippen LogP contribution in [0.5, 0.6) is 17.2 Å². The molecule has 68 heavy (non-hydrogen) atoms. The van der Waals surface area contributed by atoms with E-state index in [1.165, 1.54) is 117 Å². The minimum absolute atomic E-state index is 0.358. The summed E-state index contributed by atoms with van der Waals surface area (Å²) in [5.74, 6) is 2.50. The fourth-order valence-corrected chi connectivity index (χ4v) is 11.1. The van der Waals surface area contributed by atoms with Crippen molar-refractivity contribution in [1.82, 2.24) is 0 Å². The minimum Gasteiger partial charge on any atom is -0.489 e. The molecule has 0 aliphatic heterocycles. The fraction of sp³-hybridized carbons (Fsp3) is 0.250. The maximum atomic E-state index is 6.95. The topological polar surface area (TPSA) is 27.7 Å². The van der Waals surface area contributed by atoms with E-state index >= 15 is 0 Å². The third-order valence-electron chi connectivity index (χ3n) is 14.2. The number of unbranched alkanes of at least 4 members (excludes halogenated alkanes) is 6. The van der Waals surface area contributed by atoms with E-state index in [9.17, 15) is 0 Å². The van der Waals surface area contributed by atoms with Crippen molar-refractivity contribution in [1.29, 1.82) is 0 Å². The normalized spacial score (nSPS) is 11.7. The van der Waals surface area contributed by atoms with Crippen LogP contribution in [0.2, 0.25) is 0 Å². The second kappa shape index (κ2) is 21.2. The molecule has 342 valence electrons. The van der Waals surface area contributed by atoms with Crippen LogP contribution in [0.25, 0.3) is 64.6 Å². The van der Waals surface area contributed by atoms with Crippen LogP contribution in [-0.2, 0) is 38.5 Å². The third-order valence-corrected chi connectivity index (χ3v) is 14.4. The Morgan fingerprint density at radius 1 is 0.294 bits per heavy atom. The Morgan fingerprint density at radius 2 is 0.529 bits per heavy atom. The number of ether oxygens (including phenoxy) is 3. The molecule has 4 heteroatoms. The van der Waals surface area contributed by atoms with Crippen LogP contribution >= 0.6 is 11.6 Å². The molecule has 0 saturated carbocycles. The first kappa shape index (κ1) is 45.2. The standard InChI is InChI=1S/C64H61ClO3/c1-3-5-7-9-23-47-49-25-11-17-31-55(49)62(56-32-18-12-26-50(47)56)41-66-44-37-45(39-46(38-44)68-43-64-59-35-21-15-29-53(59)61(40-65)54-30-16-22-36-60(54)64)67-42-63-57-33-19-13-27-51(57)48(24-10-8-6-4-2)52-28-14-20-34-58(52)63/h11-22,25-39H,3-10,23-24,40-43H2,1-2H3. The molecule has 0 heterocycles. The van der Waals surface area contributed by atoms with Gasteiger partial charge in [0.15, 0.2) is 0 Å². The average molecular weight is 914 g/mol. The molecule has 10 aromatic rings. The third kappa shape index (κ3) is 9.22. The lowest BCUT2D eigenvalue weighted by Crippen LogP contribution is -2.04. The van der Waals surface area contributed by atoms with Gasteiger partial charge >= 0.3 is 0 Å². The number of aryl methyl sites for hydroxylation is 2. The van der Waals surface area contributed by atoms with Crippen molar-refractivity contribution >= 4 is 76.2 Å². The van der Waals surface area contributed by atoms with Crippen LogP contribution in [0, 0.1) is 0 Å². The molecule has 0 bridgehead atoms. The molecule has 0 fully saturated rings. The summed E-state index contributed by atoms with van der Waals surface area (Å²) in [7, 11) is 0. The molecule has 10 aromatic carbocycles. The van der Waals surface area contributed by atoms with Gasteiger partial charge in [0.1, 0.15) is 37.1 Å². The zero-order chi connectivity index (χ0) is 46.2. The molecule has 0 unspecified atom stereocenters. The van der Waals surface area contributed by atoms with Gasteiger partial charge in [-0.25, -0.2) is 0 Å². The van der Waals surface area contributed by atoms with E-state index in [1.807, 2.05) is 18.2 Å². The Labute approximate surface area is 406 Å². The number of benzene rings is 10. The summed E-state index contributed by atoms with van der Waals surface area (Å²) in [6, 6.07) is 58.7. The predicted molar refractivity (Wildman–Crippen MR) is 289 cm³/mol. The Bertz CT molecular complexity index is 3060. The zero-order valence-electron chi connectivity index (χ0n) is 39.6. The average Bonchev–Trinajstić information content (AvgIpc) is 3.39. The van der Waals surface area contributed by atoms with Crippen LogP contribution in [-0.4, -0.2) is 0 Å². The molecule has 0 radical (unpaired) electrons. The second-order valence-electron chi connectivity index (χ2n) is 18.4. The SMILES string of the molecule is CCCCCCc1c2ccccc2c(COc2cc(OCc3c4ccccc4c(CCl)c4ccccc34)cc(OCc3c4ccccc4c(CCCCCC)c4ccccc34)c2)c2ccccc12. The number of fused-ring (bicyclic) bond motifs is 6. The van der Waals surface area contributed by atoms with Crippen molar-refractivity contribution in [3.8, 4) is 17.2 Å². The Balaban J connectivity index is 1.03. The van der Waals surface area contributed by atoms with Crippen molar-refractivity contribution in [2.45, 2.75) is 104 Å². The van der Waals surface area contributed by atoms with Gasteiger partial charge in [0.2, 0.25) is 0 Å².